The number of ether oxygens (including phenoxy) is 2. The van der Waals surface area contributed by atoms with E-state index in [-0.39, 0.29) is 34.3 Å². The summed E-state index contributed by atoms with van der Waals surface area (Å²) < 4.78 is 11.4. The molecule has 0 aliphatic carbocycles. The maximum Gasteiger partial charge on any atom is 0.335 e. The van der Waals surface area contributed by atoms with Gasteiger partial charge in [-0.25, -0.2) is 4.79 Å². The molecule has 3 N–H and O–H groups in total. The third-order valence-corrected chi connectivity index (χ3v) is 7.03. The van der Waals surface area contributed by atoms with Gasteiger partial charge in [0.15, 0.2) is 23.9 Å². The fraction of sp³-hybridized carbons (Fsp3) is 0.172. The maximum atomic E-state index is 12.5. The van der Waals surface area contributed by atoms with Crippen molar-refractivity contribution < 1.29 is 29.2 Å². The Balaban J connectivity index is 1.90. The van der Waals surface area contributed by atoms with Gasteiger partial charge in [0.05, 0.1) is 19.8 Å². The molecule has 39 heavy (non-hydrogen) atoms. The van der Waals surface area contributed by atoms with E-state index in [2.05, 4.69) is 5.32 Å². The van der Waals surface area contributed by atoms with E-state index in [0.29, 0.717) is 38.6 Å². The molecule has 8 nitrogen and oxygen atoms in total. The molecule has 10 heteroatoms. The van der Waals surface area contributed by atoms with Crippen molar-refractivity contribution in [2.24, 2.45) is 0 Å². The molecule has 0 radical (unpaired) electrons. The third-order valence-electron chi connectivity index (χ3n) is 6.38. The number of hydrogen-bond donors (Lipinski definition) is 3. The number of hydrogen-bond acceptors (Lipinski definition) is 6. The minimum atomic E-state index is -1.10. The molecule has 0 spiro atoms. The van der Waals surface area contributed by atoms with E-state index in [1.807, 2.05) is 12.1 Å². The molecule has 0 aliphatic rings. The monoisotopic (exact) mass is 568 g/mol. The van der Waals surface area contributed by atoms with Gasteiger partial charge in [-0.3, -0.25) is 0 Å². The topological polar surface area (TPSA) is 115 Å². The molecule has 3 aromatic carbocycles. The number of phenols is 1. The zero-order valence-electron chi connectivity index (χ0n) is 21.2. The molecule has 4 aromatic rings. The van der Waals surface area contributed by atoms with Gasteiger partial charge < -0.3 is 30.2 Å². The molecular formula is C29H26Cl2N2O6. The van der Waals surface area contributed by atoms with Gasteiger partial charge in [-0.1, -0.05) is 47.5 Å². The first-order chi connectivity index (χ1) is 18.7. The lowest BCUT2D eigenvalue weighted by Gasteiger charge is -2.25. The Kier molecular flexibility index (Phi) is 8.69. The van der Waals surface area contributed by atoms with Crippen LogP contribution in [0.5, 0.6) is 17.2 Å². The highest BCUT2D eigenvalue weighted by molar-refractivity contribution is 6.35. The van der Waals surface area contributed by atoms with Gasteiger partial charge in [-0.05, 0) is 53.4 Å². The van der Waals surface area contributed by atoms with Crippen molar-refractivity contribution in [2.75, 3.05) is 19.5 Å². The number of carbonyl (C=O) groups is 1. The first-order valence-electron chi connectivity index (χ1n) is 11.9. The lowest BCUT2D eigenvalue weighted by Crippen LogP contribution is -2.25. The van der Waals surface area contributed by atoms with Crippen molar-refractivity contribution in [1.29, 1.82) is 0 Å². The smallest absolute Gasteiger partial charge is 0.335 e. The maximum absolute atomic E-state index is 12.5. The average molecular weight is 569 g/mol. The van der Waals surface area contributed by atoms with Crippen LogP contribution in [-0.4, -0.2) is 30.4 Å². The van der Waals surface area contributed by atoms with Gasteiger partial charge in [0, 0.05) is 29.8 Å². The van der Waals surface area contributed by atoms with Crippen LogP contribution in [0, 0.1) is 5.21 Å². The minimum Gasteiger partial charge on any atom is -0.619 e. The summed E-state index contributed by atoms with van der Waals surface area (Å²) in [5.74, 6) is -0.574. The summed E-state index contributed by atoms with van der Waals surface area (Å²) in [7, 11) is 3.05. The highest BCUT2D eigenvalue weighted by atomic mass is 35.5. The first kappa shape index (κ1) is 27.9. The Morgan fingerprint density at radius 1 is 1.00 bits per heavy atom. The number of rotatable bonds is 10. The number of aromatic carboxylic acids is 1. The molecule has 0 bridgehead atoms. The van der Waals surface area contributed by atoms with Crippen molar-refractivity contribution in [2.45, 2.75) is 18.9 Å². The molecule has 0 unspecified atom stereocenters. The average Bonchev–Trinajstić information content (AvgIpc) is 2.91. The Hall–Kier alpha value is -4.14. The fourth-order valence-electron chi connectivity index (χ4n) is 4.56. The summed E-state index contributed by atoms with van der Waals surface area (Å²) in [4.78, 5) is 12.5. The van der Waals surface area contributed by atoms with Crippen LogP contribution in [0.25, 0.3) is 0 Å². The number of aromatic hydroxyl groups is 1. The molecule has 0 saturated carbocycles. The second kappa shape index (κ2) is 12.1. The molecule has 1 heterocycles. The molecule has 0 saturated heterocycles. The molecular weight excluding hydrogens is 543 g/mol. The number of anilines is 1. The Morgan fingerprint density at radius 3 is 2.33 bits per heavy atom. The van der Waals surface area contributed by atoms with Gasteiger partial charge in [0.1, 0.15) is 15.8 Å². The molecule has 202 valence electrons. The summed E-state index contributed by atoms with van der Waals surface area (Å²) in [6, 6.07) is 17.1. The number of benzene rings is 3. The number of phenolic OH excluding ortho intramolecular Hbond substituents is 1. The van der Waals surface area contributed by atoms with Crippen LogP contribution in [0.15, 0.2) is 73.1 Å². The van der Waals surface area contributed by atoms with E-state index >= 15 is 0 Å². The zero-order chi connectivity index (χ0) is 28.1. The molecule has 1 aromatic heterocycles. The largest absolute Gasteiger partial charge is 0.619 e. The summed E-state index contributed by atoms with van der Waals surface area (Å²) in [6.45, 7) is 0.264. The third kappa shape index (κ3) is 6.30. The molecule has 4 rings (SSSR count). The fourth-order valence-corrected chi connectivity index (χ4v) is 5.16. The predicted octanol–water partition coefficient (Wildman–Crippen LogP) is 6.03. The quantitative estimate of drug-likeness (QED) is 0.158. The number of nitrogens with zero attached hydrogens (tertiary/aromatic N) is 1. The van der Waals surface area contributed by atoms with Crippen LogP contribution < -0.4 is 19.5 Å². The molecule has 0 amide bonds. The number of carboxylic acids is 1. The highest BCUT2D eigenvalue weighted by Crippen LogP contribution is 2.40. The lowest BCUT2D eigenvalue weighted by molar-refractivity contribution is -0.605. The van der Waals surface area contributed by atoms with Crippen molar-refractivity contribution in [3.63, 3.8) is 0 Å². The Labute approximate surface area is 235 Å². The van der Waals surface area contributed by atoms with Crippen LogP contribution in [0.2, 0.25) is 10.0 Å². The standard InChI is InChI=1S/C29H26Cl2N2O6/c1-38-26-10-9-17(11-27(26)39-2)22(13-23-24(30)15-33(37)16-25(23)31)28-18(5-3-8-21(28)29(35)36)14-32-19-6-4-7-20(34)12-19/h3-12,15-16,22,32,34H,13-14H2,1-2H3,(H,35,36)/t22-/m0/s1. The van der Waals surface area contributed by atoms with Gasteiger partial charge >= 0.3 is 5.97 Å². The SMILES string of the molecule is COc1ccc([C@H](Cc2c(Cl)c[n+]([O-])cc2Cl)c2c(CNc3cccc(O)c3)cccc2C(=O)O)cc1OC. The summed E-state index contributed by atoms with van der Waals surface area (Å²) >= 11 is 12.9. The van der Waals surface area contributed by atoms with Gasteiger partial charge in [0.25, 0.3) is 0 Å². The zero-order valence-corrected chi connectivity index (χ0v) is 22.7. The molecule has 0 fully saturated rings. The van der Waals surface area contributed by atoms with Crippen molar-refractivity contribution in [3.05, 3.63) is 116 Å². The van der Waals surface area contributed by atoms with E-state index in [0.717, 1.165) is 5.56 Å². The highest BCUT2D eigenvalue weighted by Gasteiger charge is 2.28. The number of carboxylic acid groups (broad SMARTS) is 1. The van der Waals surface area contributed by atoms with Crippen LogP contribution in [0.4, 0.5) is 5.69 Å². The number of aromatic nitrogens is 1. The summed E-state index contributed by atoms with van der Waals surface area (Å²) in [6.07, 6.45) is 2.61. The van der Waals surface area contributed by atoms with Crippen molar-refractivity contribution >= 4 is 34.9 Å². The first-order valence-corrected chi connectivity index (χ1v) is 12.6. The lowest BCUT2D eigenvalue weighted by atomic mass is 9.81. The van der Waals surface area contributed by atoms with Gasteiger partial charge in [0.2, 0.25) is 0 Å². The Morgan fingerprint density at radius 2 is 1.69 bits per heavy atom. The van der Waals surface area contributed by atoms with Crippen molar-refractivity contribution in [1.82, 2.24) is 0 Å². The van der Waals surface area contributed by atoms with Gasteiger partial charge in [-0.15, -0.1) is 0 Å². The number of nitrogens with one attached hydrogen (secondary N) is 1. The molecule has 1 atom stereocenters. The van der Waals surface area contributed by atoms with E-state index in [1.54, 1.807) is 48.5 Å². The van der Waals surface area contributed by atoms with Gasteiger partial charge in [-0.2, -0.15) is 4.73 Å². The van der Waals surface area contributed by atoms with E-state index in [1.165, 1.54) is 26.6 Å². The van der Waals surface area contributed by atoms with Crippen LogP contribution in [0.1, 0.15) is 38.5 Å². The normalized spacial score (nSPS) is 11.6. The number of halogens is 2. The summed E-state index contributed by atoms with van der Waals surface area (Å²) in [5, 5.41) is 35.5. The predicted molar refractivity (Wildman–Crippen MR) is 149 cm³/mol. The second-order valence-corrected chi connectivity index (χ2v) is 9.57. The van der Waals surface area contributed by atoms with Crippen LogP contribution in [-0.2, 0) is 13.0 Å². The van der Waals surface area contributed by atoms with Crippen LogP contribution in [0.3, 0.4) is 0 Å². The Bertz CT molecular complexity index is 1490. The van der Waals surface area contributed by atoms with E-state index < -0.39 is 11.9 Å². The number of pyridine rings is 1. The van der Waals surface area contributed by atoms with Crippen LogP contribution >= 0.6 is 23.2 Å². The molecule has 0 aliphatic heterocycles. The minimum absolute atomic E-state index is 0.103. The number of methoxy groups -OCH3 is 2. The second-order valence-electron chi connectivity index (χ2n) is 8.75. The summed E-state index contributed by atoms with van der Waals surface area (Å²) in [5.41, 5.74) is 3.24. The van der Waals surface area contributed by atoms with Crippen molar-refractivity contribution in [3.8, 4) is 17.2 Å². The van der Waals surface area contributed by atoms with E-state index in [4.69, 9.17) is 32.7 Å². The van der Waals surface area contributed by atoms with E-state index in [9.17, 15) is 20.2 Å².